The van der Waals surface area contributed by atoms with Gasteiger partial charge in [0, 0.05) is 24.0 Å². The predicted molar refractivity (Wildman–Crippen MR) is 114 cm³/mol. The van der Waals surface area contributed by atoms with Crippen LogP contribution in [0.25, 0.3) is 22.6 Å². The van der Waals surface area contributed by atoms with Crippen molar-refractivity contribution >= 4 is 22.4 Å². The van der Waals surface area contributed by atoms with Crippen LogP contribution in [-0.4, -0.2) is 21.1 Å². The summed E-state index contributed by atoms with van der Waals surface area (Å²) in [5.74, 6) is 1.11. The molecule has 4 rings (SSSR count). The number of hydrogen-bond donors (Lipinski definition) is 1. The van der Waals surface area contributed by atoms with Gasteiger partial charge in [0.15, 0.2) is 11.7 Å². The number of nitrogens with one attached hydrogen (secondary N) is 1. The Kier molecular flexibility index (Phi) is 5.76. The molecule has 0 bridgehead atoms. The zero-order valence-corrected chi connectivity index (χ0v) is 16.8. The Morgan fingerprint density at radius 2 is 1.69 bits per heavy atom. The maximum Gasteiger partial charge on any atom is 0.226 e. The smallest absolute Gasteiger partial charge is 0.226 e. The minimum atomic E-state index is -0.135. The van der Waals surface area contributed by atoms with Crippen LogP contribution in [0.4, 0.5) is 5.13 Å². The molecule has 4 aromatic rings. The van der Waals surface area contributed by atoms with Gasteiger partial charge in [0.25, 0.3) is 0 Å². The van der Waals surface area contributed by atoms with Crippen LogP contribution in [0.3, 0.4) is 0 Å². The van der Waals surface area contributed by atoms with Crippen LogP contribution in [0.15, 0.2) is 65.1 Å². The van der Waals surface area contributed by atoms with Gasteiger partial charge in [0.2, 0.25) is 11.0 Å². The van der Waals surface area contributed by atoms with Gasteiger partial charge in [-0.1, -0.05) is 78.9 Å². The number of aromatic nitrogens is 3. The average Bonchev–Trinajstić information content (AvgIpc) is 3.40. The van der Waals surface area contributed by atoms with Crippen LogP contribution >= 0.6 is 11.3 Å². The van der Waals surface area contributed by atoms with E-state index < -0.39 is 0 Å². The molecule has 2 aromatic heterocycles. The van der Waals surface area contributed by atoms with Crippen molar-refractivity contribution < 1.29 is 9.21 Å². The molecule has 0 atom stereocenters. The summed E-state index contributed by atoms with van der Waals surface area (Å²) < 4.78 is 6.06. The maximum absolute atomic E-state index is 12.3. The van der Waals surface area contributed by atoms with Crippen molar-refractivity contribution in [2.45, 2.75) is 26.2 Å². The maximum atomic E-state index is 12.3. The van der Waals surface area contributed by atoms with E-state index in [0.717, 1.165) is 28.2 Å². The van der Waals surface area contributed by atoms with Crippen LogP contribution in [0.2, 0.25) is 0 Å². The molecule has 1 amide bonds. The van der Waals surface area contributed by atoms with Gasteiger partial charge in [-0.25, -0.2) is 4.98 Å². The highest BCUT2D eigenvalue weighted by atomic mass is 32.1. The van der Waals surface area contributed by atoms with E-state index in [2.05, 4.69) is 20.5 Å². The Morgan fingerprint density at radius 3 is 2.34 bits per heavy atom. The van der Waals surface area contributed by atoms with Gasteiger partial charge in [-0.05, 0) is 6.42 Å². The van der Waals surface area contributed by atoms with Crippen LogP contribution in [0.5, 0.6) is 0 Å². The summed E-state index contributed by atoms with van der Waals surface area (Å²) in [4.78, 5) is 17.0. The highest BCUT2D eigenvalue weighted by Crippen LogP contribution is 2.32. The average molecular weight is 404 g/mol. The number of oxazole rings is 1. The molecule has 0 radical (unpaired) electrons. The molecule has 0 aliphatic heterocycles. The fourth-order valence-corrected chi connectivity index (χ4v) is 3.59. The topological polar surface area (TPSA) is 80.9 Å². The molecular weight excluding hydrogens is 384 g/mol. The van der Waals surface area contributed by atoms with E-state index in [1.807, 2.05) is 67.6 Å². The first-order chi connectivity index (χ1) is 14.2. The third-order valence-electron chi connectivity index (χ3n) is 4.34. The molecule has 146 valence electrons. The number of amides is 1. The summed E-state index contributed by atoms with van der Waals surface area (Å²) in [6.45, 7) is 2.00. The predicted octanol–water partition coefficient (Wildman–Crippen LogP) is 4.99. The van der Waals surface area contributed by atoms with E-state index in [1.54, 1.807) is 0 Å². The van der Waals surface area contributed by atoms with E-state index in [9.17, 15) is 4.79 Å². The second-order valence-electron chi connectivity index (χ2n) is 6.42. The van der Waals surface area contributed by atoms with Crippen molar-refractivity contribution in [3.05, 3.63) is 71.6 Å². The number of aryl methyl sites for hydroxylation is 2. The second-order valence-corrected chi connectivity index (χ2v) is 7.48. The van der Waals surface area contributed by atoms with Crippen LogP contribution in [-0.2, 0) is 17.6 Å². The Hall–Kier alpha value is -3.32. The van der Waals surface area contributed by atoms with Crippen molar-refractivity contribution in [1.82, 2.24) is 15.2 Å². The molecule has 6 nitrogen and oxygen atoms in total. The van der Waals surface area contributed by atoms with Gasteiger partial charge in [-0.2, -0.15) is 0 Å². The van der Waals surface area contributed by atoms with Gasteiger partial charge in [0.1, 0.15) is 10.7 Å². The first kappa shape index (κ1) is 19.0. The van der Waals surface area contributed by atoms with Crippen LogP contribution < -0.4 is 5.32 Å². The molecule has 29 heavy (non-hydrogen) atoms. The molecule has 2 aromatic carbocycles. The molecule has 0 spiro atoms. The Bertz CT molecular complexity index is 1030. The molecule has 0 saturated heterocycles. The summed E-state index contributed by atoms with van der Waals surface area (Å²) in [5.41, 5.74) is 2.71. The van der Waals surface area contributed by atoms with Crippen LogP contribution in [0.1, 0.15) is 24.2 Å². The molecule has 0 aliphatic rings. The van der Waals surface area contributed by atoms with Gasteiger partial charge in [0.05, 0.1) is 0 Å². The number of rotatable bonds is 7. The van der Waals surface area contributed by atoms with E-state index >= 15 is 0 Å². The zero-order valence-electron chi connectivity index (χ0n) is 16.0. The fraction of sp³-hybridized carbons (Fsp3) is 0.182. The van der Waals surface area contributed by atoms with Crippen molar-refractivity contribution in [1.29, 1.82) is 0 Å². The minimum absolute atomic E-state index is 0.135. The standard InChI is InChI=1S/C22H20N4O2S/c1-2-19-25-26-22(29-19)23-17(27)13-14-18-24-20(15-9-5-3-6-10-15)21(28-18)16-11-7-4-8-12-16/h3-12H,2,13-14H2,1H3,(H,23,26,27). The molecule has 7 heteroatoms. The van der Waals surface area contributed by atoms with Crippen molar-refractivity contribution in [3.63, 3.8) is 0 Å². The van der Waals surface area contributed by atoms with Gasteiger partial charge < -0.3 is 9.73 Å². The number of anilines is 1. The number of hydrogen-bond acceptors (Lipinski definition) is 6. The summed E-state index contributed by atoms with van der Waals surface area (Å²) in [6.07, 6.45) is 1.45. The number of benzene rings is 2. The van der Waals surface area contributed by atoms with Gasteiger partial charge in [-0.15, -0.1) is 10.2 Å². The highest BCUT2D eigenvalue weighted by Gasteiger charge is 2.17. The van der Waals surface area contributed by atoms with Crippen LogP contribution in [0, 0.1) is 0 Å². The lowest BCUT2D eigenvalue weighted by atomic mass is 10.1. The number of carbonyl (C=O) groups excluding carboxylic acids is 1. The van der Waals surface area contributed by atoms with E-state index in [0.29, 0.717) is 23.2 Å². The molecule has 0 saturated carbocycles. The normalized spacial score (nSPS) is 10.8. The van der Waals surface area contributed by atoms with Crippen molar-refractivity contribution in [2.75, 3.05) is 5.32 Å². The third kappa shape index (κ3) is 4.57. The van der Waals surface area contributed by atoms with E-state index in [-0.39, 0.29) is 12.3 Å². The lowest BCUT2D eigenvalue weighted by Crippen LogP contribution is -2.12. The zero-order chi connectivity index (χ0) is 20.1. The molecule has 0 aliphatic carbocycles. The highest BCUT2D eigenvalue weighted by molar-refractivity contribution is 7.15. The second kappa shape index (κ2) is 8.79. The summed E-state index contributed by atoms with van der Waals surface area (Å²) in [7, 11) is 0. The molecular formula is C22H20N4O2S. The monoisotopic (exact) mass is 404 g/mol. The number of nitrogens with zero attached hydrogens (tertiary/aromatic N) is 3. The lowest BCUT2D eigenvalue weighted by molar-refractivity contribution is -0.116. The van der Waals surface area contributed by atoms with Crippen molar-refractivity contribution in [2.24, 2.45) is 0 Å². The summed E-state index contributed by atoms with van der Waals surface area (Å²) >= 11 is 1.39. The third-order valence-corrected chi connectivity index (χ3v) is 5.32. The Morgan fingerprint density at radius 1 is 1.00 bits per heavy atom. The van der Waals surface area contributed by atoms with Crippen molar-refractivity contribution in [3.8, 4) is 22.6 Å². The SMILES string of the molecule is CCc1nnc(NC(=O)CCc2nc(-c3ccccc3)c(-c3ccccc3)o2)s1. The molecule has 2 heterocycles. The lowest BCUT2D eigenvalue weighted by Gasteiger charge is -2.00. The summed E-state index contributed by atoms with van der Waals surface area (Å²) in [5, 5.41) is 12.2. The van der Waals surface area contributed by atoms with E-state index in [1.165, 1.54) is 11.3 Å². The Balaban J connectivity index is 1.52. The molecule has 0 fully saturated rings. The first-order valence-electron chi connectivity index (χ1n) is 9.45. The fourth-order valence-electron chi connectivity index (χ4n) is 2.90. The molecule has 0 unspecified atom stereocenters. The van der Waals surface area contributed by atoms with Gasteiger partial charge >= 0.3 is 0 Å². The Labute approximate surface area is 172 Å². The largest absolute Gasteiger partial charge is 0.440 e. The summed E-state index contributed by atoms with van der Waals surface area (Å²) in [6, 6.07) is 19.8. The van der Waals surface area contributed by atoms with E-state index in [4.69, 9.17) is 4.42 Å². The minimum Gasteiger partial charge on any atom is -0.440 e. The molecule has 1 N–H and O–H groups in total. The quantitative estimate of drug-likeness (QED) is 0.469. The number of carbonyl (C=O) groups is 1. The first-order valence-corrected chi connectivity index (χ1v) is 10.3. The van der Waals surface area contributed by atoms with Gasteiger partial charge in [-0.3, -0.25) is 4.79 Å².